The van der Waals surface area contributed by atoms with Gasteiger partial charge in [0.05, 0.1) is 11.8 Å². The molecule has 0 aliphatic heterocycles. The summed E-state index contributed by atoms with van der Waals surface area (Å²) in [6, 6.07) is 2.39. The van der Waals surface area contributed by atoms with Crippen LogP contribution in [0, 0.1) is 25.2 Å². The van der Waals surface area contributed by atoms with E-state index in [2.05, 4.69) is 44.2 Å². The van der Waals surface area contributed by atoms with Crippen molar-refractivity contribution in [3.63, 3.8) is 0 Å². The molecule has 1 unspecified atom stereocenters. The zero-order chi connectivity index (χ0) is 14.5. The predicted molar refractivity (Wildman–Crippen MR) is 78.0 cm³/mol. The summed E-state index contributed by atoms with van der Waals surface area (Å²) in [5, 5.41) is 17.2. The molecule has 0 aromatic carbocycles. The van der Waals surface area contributed by atoms with Crippen LogP contribution in [0.2, 0.25) is 0 Å². The highest BCUT2D eigenvalue weighted by molar-refractivity contribution is 5.24. The minimum atomic E-state index is -0.464. The summed E-state index contributed by atoms with van der Waals surface area (Å²) in [4.78, 5) is 0. The molecule has 1 aromatic rings. The van der Waals surface area contributed by atoms with E-state index in [4.69, 9.17) is 0 Å². The fraction of sp³-hybridized carbons (Fsp3) is 0.733. The van der Waals surface area contributed by atoms with Gasteiger partial charge in [-0.15, -0.1) is 0 Å². The summed E-state index contributed by atoms with van der Waals surface area (Å²) in [6.07, 6.45) is 2.83. The van der Waals surface area contributed by atoms with E-state index in [1.165, 1.54) is 11.3 Å². The molecule has 1 atom stereocenters. The monoisotopic (exact) mass is 262 g/mol. The molecular weight excluding hydrogens is 236 g/mol. The van der Waals surface area contributed by atoms with Gasteiger partial charge in [-0.25, -0.2) is 0 Å². The maximum atomic E-state index is 9.32. The van der Waals surface area contributed by atoms with Crippen LogP contribution in [0.1, 0.15) is 50.6 Å². The van der Waals surface area contributed by atoms with Gasteiger partial charge in [0.25, 0.3) is 0 Å². The Morgan fingerprint density at radius 1 is 1.37 bits per heavy atom. The molecule has 0 aliphatic rings. The van der Waals surface area contributed by atoms with Crippen LogP contribution in [-0.2, 0) is 13.0 Å². The van der Waals surface area contributed by atoms with Crippen molar-refractivity contribution in [1.82, 2.24) is 15.1 Å². The lowest BCUT2D eigenvalue weighted by molar-refractivity contribution is 0.380. The summed E-state index contributed by atoms with van der Waals surface area (Å²) in [7, 11) is 0. The second kappa shape index (κ2) is 6.72. The van der Waals surface area contributed by atoms with Gasteiger partial charge in [-0.05, 0) is 52.1 Å². The molecule has 1 heterocycles. The van der Waals surface area contributed by atoms with Gasteiger partial charge in [0.15, 0.2) is 0 Å². The van der Waals surface area contributed by atoms with Crippen LogP contribution in [-0.4, -0.2) is 21.9 Å². The molecule has 4 nitrogen and oxygen atoms in total. The average Bonchev–Trinajstić information content (AvgIpc) is 2.68. The standard InChI is InChI=1S/C15H26N4/c1-6-9-17-15(5,11-16)8-10-19-13(4)14(7-2)12(3)18-19/h17H,6-10H2,1-5H3. The van der Waals surface area contributed by atoms with Crippen LogP contribution in [0.4, 0.5) is 0 Å². The van der Waals surface area contributed by atoms with Gasteiger partial charge in [0.1, 0.15) is 5.54 Å². The normalized spacial score (nSPS) is 14.1. The number of nitrogens with one attached hydrogen (secondary N) is 1. The van der Waals surface area contributed by atoms with Crippen LogP contribution in [0.25, 0.3) is 0 Å². The number of rotatable bonds is 7. The van der Waals surface area contributed by atoms with E-state index >= 15 is 0 Å². The summed E-state index contributed by atoms with van der Waals surface area (Å²) >= 11 is 0. The molecule has 0 bridgehead atoms. The largest absolute Gasteiger partial charge is 0.300 e. The smallest absolute Gasteiger partial charge is 0.105 e. The van der Waals surface area contributed by atoms with Gasteiger partial charge in [-0.1, -0.05) is 13.8 Å². The van der Waals surface area contributed by atoms with Crippen molar-refractivity contribution in [3.8, 4) is 6.07 Å². The Bertz CT molecular complexity index is 455. The lowest BCUT2D eigenvalue weighted by Gasteiger charge is -2.23. The number of nitrogens with zero attached hydrogens (tertiary/aromatic N) is 3. The highest BCUT2D eigenvalue weighted by Crippen LogP contribution is 2.16. The molecule has 0 saturated heterocycles. The first kappa shape index (κ1) is 15.7. The number of hydrogen-bond donors (Lipinski definition) is 1. The first-order chi connectivity index (χ1) is 8.97. The second-order valence-corrected chi connectivity index (χ2v) is 5.35. The molecule has 1 rings (SSSR count). The first-order valence-electron chi connectivity index (χ1n) is 7.16. The summed E-state index contributed by atoms with van der Waals surface area (Å²) in [6.45, 7) is 12.1. The van der Waals surface area contributed by atoms with E-state index in [-0.39, 0.29) is 0 Å². The van der Waals surface area contributed by atoms with Crippen LogP contribution in [0.5, 0.6) is 0 Å². The molecule has 19 heavy (non-hydrogen) atoms. The van der Waals surface area contributed by atoms with Crippen molar-refractivity contribution in [3.05, 3.63) is 17.0 Å². The molecule has 0 aliphatic carbocycles. The van der Waals surface area contributed by atoms with Gasteiger partial charge in [0.2, 0.25) is 0 Å². The average molecular weight is 262 g/mol. The summed E-state index contributed by atoms with van der Waals surface area (Å²) in [5.41, 5.74) is 3.21. The van der Waals surface area contributed by atoms with Crippen molar-refractivity contribution in [2.24, 2.45) is 0 Å². The quantitative estimate of drug-likeness (QED) is 0.822. The van der Waals surface area contributed by atoms with Crippen LogP contribution >= 0.6 is 0 Å². The third kappa shape index (κ3) is 3.81. The maximum Gasteiger partial charge on any atom is 0.105 e. The lowest BCUT2D eigenvalue weighted by atomic mass is 9.99. The Labute approximate surface area is 116 Å². The highest BCUT2D eigenvalue weighted by atomic mass is 15.3. The van der Waals surface area contributed by atoms with Crippen molar-refractivity contribution in [2.45, 2.75) is 66.0 Å². The second-order valence-electron chi connectivity index (χ2n) is 5.35. The van der Waals surface area contributed by atoms with Gasteiger partial charge in [0, 0.05) is 12.2 Å². The summed E-state index contributed by atoms with van der Waals surface area (Å²) < 4.78 is 2.04. The Morgan fingerprint density at radius 3 is 2.53 bits per heavy atom. The van der Waals surface area contributed by atoms with E-state index in [0.717, 1.165) is 38.0 Å². The number of aryl methyl sites for hydroxylation is 2. The third-order valence-corrected chi connectivity index (χ3v) is 3.72. The molecule has 0 saturated carbocycles. The summed E-state index contributed by atoms with van der Waals surface area (Å²) in [5.74, 6) is 0. The SMILES string of the molecule is CCCNC(C)(C#N)CCn1nc(C)c(CC)c1C. The molecule has 1 aromatic heterocycles. The number of aromatic nitrogens is 2. The zero-order valence-corrected chi connectivity index (χ0v) is 12.9. The molecule has 106 valence electrons. The van der Waals surface area contributed by atoms with Gasteiger partial charge in [-0.2, -0.15) is 10.4 Å². The van der Waals surface area contributed by atoms with Gasteiger partial charge >= 0.3 is 0 Å². The minimum Gasteiger partial charge on any atom is -0.300 e. The molecule has 4 heteroatoms. The van der Waals surface area contributed by atoms with E-state index in [0.29, 0.717) is 0 Å². The van der Waals surface area contributed by atoms with Crippen molar-refractivity contribution < 1.29 is 0 Å². The van der Waals surface area contributed by atoms with Crippen LogP contribution in [0.3, 0.4) is 0 Å². The Hall–Kier alpha value is -1.34. The fourth-order valence-corrected chi connectivity index (χ4v) is 2.38. The number of hydrogen-bond acceptors (Lipinski definition) is 3. The Balaban J connectivity index is 2.73. The molecule has 0 fully saturated rings. The van der Waals surface area contributed by atoms with Crippen LogP contribution < -0.4 is 5.32 Å². The number of nitriles is 1. The lowest BCUT2D eigenvalue weighted by Crippen LogP contribution is -2.42. The third-order valence-electron chi connectivity index (χ3n) is 3.72. The van der Waals surface area contributed by atoms with Crippen molar-refractivity contribution in [1.29, 1.82) is 5.26 Å². The van der Waals surface area contributed by atoms with E-state index < -0.39 is 5.54 Å². The van der Waals surface area contributed by atoms with E-state index in [1.807, 2.05) is 11.6 Å². The first-order valence-corrected chi connectivity index (χ1v) is 7.16. The topological polar surface area (TPSA) is 53.6 Å². The Kier molecular flexibility index (Phi) is 5.56. The molecule has 0 radical (unpaired) electrons. The van der Waals surface area contributed by atoms with Crippen molar-refractivity contribution in [2.75, 3.05) is 6.54 Å². The van der Waals surface area contributed by atoms with Gasteiger partial charge < -0.3 is 0 Å². The highest BCUT2D eigenvalue weighted by Gasteiger charge is 2.23. The molecular formula is C15H26N4. The Morgan fingerprint density at radius 2 is 2.05 bits per heavy atom. The fourth-order valence-electron chi connectivity index (χ4n) is 2.38. The minimum absolute atomic E-state index is 0.464. The van der Waals surface area contributed by atoms with Crippen LogP contribution in [0.15, 0.2) is 0 Å². The molecule has 1 N–H and O–H groups in total. The molecule has 0 amide bonds. The van der Waals surface area contributed by atoms with Gasteiger partial charge in [-0.3, -0.25) is 10.00 Å². The van der Waals surface area contributed by atoms with E-state index in [1.54, 1.807) is 0 Å². The maximum absolute atomic E-state index is 9.32. The van der Waals surface area contributed by atoms with Crippen molar-refractivity contribution >= 4 is 0 Å². The predicted octanol–water partition coefficient (Wildman–Crippen LogP) is 2.73. The van der Waals surface area contributed by atoms with E-state index in [9.17, 15) is 5.26 Å². The molecule has 0 spiro atoms. The zero-order valence-electron chi connectivity index (χ0n) is 12.9.